The number of aliphatic imine (C=N–C) groups is 1. The molecule has 1 aliphatic heterocycles. The molecule has 0 bridgehead atoms. The summed E-state index contributed by atoms with van der Waals surface area (Å²) in [6.07, 6.45) is 7.11. The van der Waals surface area contributed by atoms with E-state index in [1.54, 1.807) is 56.7 Å². The van der Waals surface area contributed by atoms with Crippen molar-refractivity contribution in [3.63, 3.8) is 0 Å². The monoisotopic (exact) mass is 1690 g/mol. The topological polar surface area (TPSA) is 180 Å². The summed E-state index contributed by atoms with van der Waals surface area (Å²) in [7, 11) is 0. The van der Waals surface area contributed by atoms with Crippen molar-refractivity contribution in [1.29, 1.82) is 0 Å². The van der Waals surface area contributed by atoms with Crippen LogP contribution in [0.3, 0.4) is 0 Å². The van der Waals surface area contributed by atoms with E-state index in [0.29, 0.717) is 0 Å². The molecule has 11 rings (SSSR count). The lowest BCUT2D eigenvalue weighted by atomic mass is 9.88. The molecule has 0 unspecified atom stereocenters. The second kappa shape index (κ2) is 43.9. The maximum atomic E-state index is 5.78. The number of nitrogens with zero attached hydrogens (tertiary/aromatic N) is 14. The molecule has 0 aliphatic carbocycles. The second-order valence-corrected chi connectivity index (χ2v) is 47.1. The number of hydrogen-bond donors (Lipinski definition) is 0. The molecule has 0 saturated heterocycles. The van der Waals surface area contributed by atoms with E-state index < -0.39 is 0 Å². The molecular weight excluding hydrogens is 1550 g/mol. The van der Waals surface area contributed by atoms with Gasteiger partial charge in [0.15, 0.2) is 0 Å². The first-order valence-corrected chi connectivity index (χ1v) is 45.3. The largest absolute Gasteiger partial charge is 0.265 e. The van der Waals surface area contributed by atoms with Crippen molar-refractivity contribution in [2.24, 2.45) is 10.4 Å². The number of thiophene rings is 1. The molecule has 0 amide bonds. The molecule has 10 aromatic rings. The molecule has 0 N–H and O–H groups in total. The van der Waals surface area contributed by atoms with Crippen LogP contribution >= 0.6 is 114 Å². The average Bonchev–Trinajstić information content (AvgIpc) is 1.74. The highest BCUT2D eigenvalue weighted by atomic mass is 35.5. The fourth-order valence-electron chi connectivity index (χ4n) is 7.72. The van der Waals surface area contributed by atoms with E-state index in [1.165, 1.54) is 85.7 Å². The van der Waals surface area contributed by atoms with Crippen molar-refractivity contribution in [2.75, 3.05) is 0 Å². The third-order valence-electron chi connectivity index (χ3n) is 14.9. The van der Waals surface area contributed by atoms with Gasteiger partial charge in [-0.05, 0) is 148 Å². The number of aryl methyl sites for hydroxylation is 9. The van der Waals surface area contributed by atoms with Crippen molar-refractivity contribution in [1.82, 2.24) is 62.3 Å². The van der Waals surface area contributed by atoms with Gasteiger partial charge in [-0.1, -0.05) is 252 Å². The van der Waals surface area contributed by atoms with Crippen LogP contribution in [-0.4, -0.2) is 68.6 Å². The maximum Gasteiger partial charge on any atom is 0.139 e. The normalized spacial score (nSPS) is 12.5. The van der Waals surface area contributed by atoms with Crippen LogP contribution in [0.2, 0.25) is 4.34 Å². The number of allylic oxidation sites excluding steroid dienone is 2. The number of hydrogen-bond acceptors (Lipinski definition) is 23. The molecule has 0 radical (unpaired) electrons. The minimum atomic E-state index is 0.159. The van der Waals surface area contributed by atoms with Crippen LogP contribution in [0.15, 0.2) is 68.1 Å². The van der Waals surface area contributed by atoms with Gasteiger partial charge in [0.1, 0.15) is 43.3 Å². The Morgan fingerprint density at radius 3 is 0.682 bits per heavy atom. The first-order valence-electron chi connectivity index (χ1n) is 37.4. The Labute approximate surface area is 708 Å². The Bertz CT molecular complexity index is 3560. The lowest BCUT2D eigenvalue weighted by Crippen LogP contribution is -2.11. The zero-order valence-electron chi connectivity index (χ0n) is 75.4. The van der Waals surface area contributed by atoms with Crippen molar-refractivity contribution in [3.05, 3.63) is 170 Å². The predicted octanol–water partition coefficient (Wildman–Crippen LogP) is 28.3. The molecule has 0 aromatic carbocycles. The summed E-state index contributed by atoms with van der Waals surface area (Å²) >= 11 is 20.2. The summed E-state index contributed by atoms with van der Waals surface area (Å²) in [6, 6.07) is 6.23. The number of halogens is 1. The van der Waals surface area contributed by atoms with Crippen LogP contribution in [0.25, 0.3) is 0 Å². The Balaban J connectivity index is 0.000000605. The van der Waals surface area contributed by atoms with Crippen molar-refractivity contribution < 1.29 is 0 Å². The second-order valence-electron chi connectivity index (χ2n) is 38.3. The molecule has 14 nitrogen and oxygen atoms in total. The van der Waals surface area contributed by atoms with Crippen LogP contribution in [0.5, 0.6) is 0 Å². The van der Waals surface area contributed by atoms with E-state index in [2.05, 4.69) is 341 Å². The van der Waals surface area contributed by atoms with E-state index >= 15 is 0 Å². The molecule has 0 atom stereocenters. The molecule has 0 fully saturated rings. The molecule has 11 heterocycles. The van der Waals surface area contributed by atoms with Crippen LogP contribution in [0.4, 0.5) is 0 Å². The lowest BCUT2D eigenvalue weighted by molar-refractivity contribution is 0.500. The molecule has 110 heavy (non-hydrogen) atoms. The molecule has 24 heteroatoms. The Morgan fingerprint density at radius 2 is 0.573 bits per heavy atom. The maximum absolute atomic E-state index is 5.78. The quantitative estimate of drug-likeness (QED) is 0.140. The van der Waals surface area contributed by atoms with Gasteiger partial charge in [0.2, 0.25) is 0 Å². The fourth-order valence-corrected chi connectivity index (χ4v) is 15.0. The van der Waals surface area contributed by atoms with Gasteiger partial charge in [-0.3, -0.25) is 9.98 Å². The summed E-state index contributed by atoms with van der Waals surface area (Å²) in [6.45, 7) is 89.5. The number of pyridine rings is 1. The lowest BCUT2D eigenvalue weighted by Gasteiger charge is -2.17. The van der Waals surface area contributed by atoms with Crippen LogP contribution in [-0.2, 0) is 54.1 Å². The third-order valence-corrected chi connectivity index (χ3v) is 24.0. The zero-order chi connectivity index (χ0) is 85.4. The summed E-state index contributed by atoms with van der Waals surface area (Å²) in [5.74, 6) is 3.54. The van der Waals surface area contributed by atoms with Gasteiger partial charge in [-0.2, -0.15) is 17.5 Å². The van der Waals surface area contributed by atoms with Crippen molar-refractivity contribution in [2.45, 2.75) is 351 Å². The standard InChI is InChI=1S/C10H15N.C8H11ClS.4C8H13NS.C8H13N.4C7H12N2S/c1-8-5-6-9(7-11-8)10(2,3)4;1-8(2,3)6-4-7(9)10-5-6;4*1-6-9-7(5-10-6)8(2,3)4;1-8(2,3)7-5-4-6-9-7;4*1-5-8-6(10-9-5)7(2,3)4/h5-7H,1-4H3;4-5H,1-3H3;4*5H,1-4H3;5-6H,4H2,1-3H3;4*1-4H3. The minimum absolute atomic E-state index is 0.159. The molecule has 10 aromatic heterocycles. The fraction of sp³-hybridized carbons (Fsp3) is 0.628. The van der Waals surface area contributed by atoms with Crippen LogP contribution in [0.1, 0.15) is 338 Å². The molecule has 0 saturated carbocycles. The van der Waals surface area contributed by atoms with E-state index in [1.807, 2.05) is 80.8 Å². The first kappa shape index (κ1) is 103. The van der Waals surface area contributed by atoms with Gasteiger partial charge < -0.3 is 0 Å². The SMILES string of the molecule is CC(C)(C)C1=CCC=N1.CC(C)(C)c1csc(Cl)c1.Cc1ccc(C(C)(C)C)cn1.Cc1nc(C(C)(C)C)cs1.Cc1nc(C(C)(C)C)cs1.Cc1nc(C(C)(C)C)cs1.Cc1nc(C(C)(C)C)cs1.Cc1nsc(C(C)(C)C)n1.Cc1nsc(C(C)(C)C)n1.Cc1nsc(C(C)(C)C)n1.Cc1nsc(C(C)(C)C)n1. The Kier molecular flexibility index (Phi) is 41.2. The first-order chi connectivity index (χ1) is 49.6. The highest BCUT2D eigenvalue weighted by Gasteiger charge is 2.24. The predicted molar refractivity (Wildman–Crippen MR) is 492 cm³/mol. The number of rotatable bonds is 0. The van der Waals surface area contributed by atoms with E-state index in [-0.39, 0.29) is 59.6 Å². The molecule has 614 valence electrons. The average molecular weight is 1690 g/mol. The van der Waals surface area contributed by atoms with Gasteiger partial charge in [0, 0.05) is 100 Å². The Morgan fingerprint density at radius 1 is 0.300 bits per heavy atom. The van der Waals surface area contributed by atoms with Gasteiger partial charge in [-0.25, -0.2) is 39.9 Å². The van der Waals surface area contributed by atoms with Crippen LogP contribution in [0, 0.1) is 67.7 Å². The highest BCUT2D eigenvalue weighted by Crippen LogP contribution is 2.33. The van der Waals surface area contributed by atoms with E-state index in [0.717, 1.165) is 79.8 Å². The molecular formula is C86H139ClN14S9. The van der Waals surface area contributed by atoms with E-state index in [4.69, 9.17) is 11.6 Å². The van der Waals surface area contributed by atoms with Gasteiger partial charge in [0.05, 0.1) is 47.1 Å². The highest BCUT2D eigenvalue weighted by molar-refractivity contribution is 7.14. The van der Waals surface area contributed by atoms with Crippen molar-refractivity contribution in [3.8, 4) is 0 Å². The summed E-state index contributed by atoms with van der Waals surface area (Å²) < 4.78 is 17.3. The van der Waals surface area contributed by atoms with Crippen LogP contribution < -0.4 is 0 Å². The van der Waals surface area contributed by atoms with Gasteiger partial charge >= 0.3 is 0 Å². The number of thiazole rings is 4. The third kappa shape index (κ3) is 42.6. The van der Waals surface area contributed by atoms with Gasteiger partial charge in [0.25, 0.3) is 0 Å². The van der Waals surface area contributed by atoms with Crippen molar-refractivity contribution >= 4 is 121 Å². The molecule has 0 spiro atoms. The Hall–Kier alpha value is -4.69. The van der Waals surface area contributed by atoms with Gasteiger partial charge in [-0.15, -0.1) is 56.7 Å². The smallest absolute Gasteiger partial charge is 0.139 e. The summed E-state index contributed by atoms with van der Waals surface area (Å²) in [5.41, 5.74) is 11.9. The van der Waals surface area contributed by atoms with E-state index in [9.17, 15) is 0 Å². The summed E-state index contributed by atoms with van der Waals surface area (Å²) in [5, 5.41) is 19.7. The number of aromatic nitrogens is 13. The zero-order valence-corrected chi connectivity index (χ0v) is 83.5. The molecule has 1 aliphatic rings. The summed E-state index contributed by atoms with van der Waals surface area (Å²) in [4.78, 5) is 43.2. The minimum Gasteiger partial charge on any atom is -0.265 e.